The van der Waals surface area contributed by atoms with Crippen molar-refractivity contribution in [3.8, 4) is 5.88 Å². The number of hydrogen-bond donors (Lipinski definition) is 3. The molecule has 1 unspecified atom stereocenters. The SMILES string of the molecule is CS(C)(C)c1c(F)cc(NC(=O)C(NC(=O)c2cc(O)no2)C2CCOCC2)cc1F. The number of carbonyl (C=O) groups is 2. The maximum atomic E-state index is 14.5. The zero-order chi connectivity index (χ0) is 22.8. The molecule has 0 aliphatic carbocycles. The highest BCUT2D eigenvalue weighted by molar-refractivity contribution is 8.32. The van der Waals surface area contributed by atoms with Gasteiger partial charge in [0.15, 0.2) is 0 Å². The third-order valence-corrected chi connectivity index (χ3v) is 6.52. The van der Waals surface area contributed by atoms with Crippen molar-refractivity contribution in [1.82, 2.24) is 10.5 Å². The zero-order valence-electron chi connectivity index (χ0n) is 17.4. The van der Waals surface area contributed by atoms with Crippen molar-refractivity contribution in [3.05, 3.63) is 35.6 Å². The topological polar surface area (TPSA) is 114 Å². The van der Waals surface area contributed by atoms with Gasteiger partial charge in [0.05, 0.1) is 11.0 Å². The molecule has 1 aliphatic rings. The number of rotatable bonds is 6. The number of aromatic nitrogens is 1. The molecular formula is C20H25F2N3O5S. The first-order chi connectivity index (χ1) is 14.6. The van der Waals surface area contributed by atoms with E-state index in [9.17, 15) is 23.5 Å². The smallest absolute Gasteiger partial charge is 0.290 e. The molecule has 1 fully saturated rings. The monoisotopic (exact) mass is 457 g/mol. The Morgan fingerprint density at radius 3 is 2.29 bits per heavy atom. The molecule has 2 amide bonds. The van der Waals surface area contributed by atoms with Gasteiger partial charge in [0.1, 0.15) is 17.7 Å². The summed E-state index contributed by atoms with van der Waals surface area (Å²) in [5.41, 5.74) is -0.0454. The minimum atomic E-state index is -1.66. The molecule has 3 rings (SSSR count). The normalized spacial score (nSPS) is 16.5. The largest absolute Gasteiger partial charge is 0.491 e. The Morgan fingerprint density at radius 1 is 1.16 bits per heavy atom. The first kappa shape index (κ1) is 23.0. The van der Waals surface area contributed by atoms with Crippen LogP contribution >= 0.6 is 10.0 Å². The molecule has 0 radical (unpaired) electrons. The molecule has 1 aliphatic heterocycles. The summed E-state index contributed by atoms with van der Waals surface area (Å²) in [7, 11) is -1.66. The molecule has 0 spiro atoms. The Bertz CT molecular complexity index is 947. The molecule has 31 heavy (non-hydrogen) atoms. The fourth-order valence-corrected chi connectivity index (χ4v) is 4.76. The number of hydrogen-bond acceptors (Lipinski definition) is 6. The van der Waals surface area contributed by atoms with E-state index < -0.39 is 45.4 Å². The van der Waals surface area contributed by atoms with Crippen LogP contribution < -0.4 is 10.6 Å². The number of amides is 2. The second-order valence-electron chi connectivity index (χ2n) is 8.05. The van der Waals surface area contributed by atoms with Gasteiger partial charge < -0.3 is 25.0 Å². The average molecular weight is 457 g/mol. The van der Waals surface area contributed by atoms with E-state index in [1.165, 1.54) is 0 Å². The van der Waals surface area contributed by atoms with E-state index in [0.29, 0.717) is 26.1 Å². The first-order valence-electron chi connectivity index (χ1n) is 9.59. The molecule has 170 valence electrons. The lowest BCUT2D eigenvalue weighted by molar-refractivity contribution is -0.120. The molecule has 0 bridgehead atoms. The number of nitrogens with one attached hydrogen (secondary N) is 2. The summed E-state index contributed by atoms with van der Waals surface area (Å²) in [4.78, 5) is 25.4. The average Bonchev–Trinajstić information content (AvgIpc) is 3.11. The maximum Gasteiger partial charge on any atom is 0.290 e. The van der Waals surface area contributed by atoms with Crippen LogP contribution in [0.5, 0.6) is 5.88 Å². The number of ether oxygens (including phenoxy) is 1. The number of carbonyl (C=O) groups excluding carboxylic acids is 2. The van der Waals surface area contributed by atoms with Crippen LogP contribution in [-0.4, -0.2) is 60.1 Å². The highest BCUT2D eigenvalue weighted by Crippen LogP contribution is 2.48. The minimum absolute atomic E-state index is 0.00454. The van der Waals surface area contributed by atoms with Crippen molar-refractivity contribution in [2.75, 3.05) is 37.3 Å². The van der Waals surface area contributed by atoms with Crippen LogP contribution in [-0.2, 0) is 9.53 Å². The standard InChI is InChI=1S/C20H25F2N3O5S/c1-31(2,3)18-13(21)8-12(9-14(18)22)23-20(28)17(11-4-6-29-7-5-11)24-19(27)15-10-16(26)25-30-15/h8-11,17H,4-7H2,1-3H3,(H,23,28)(H,24,27)(H,25,26). The first-order valence-corrected chi connectivity index (χ1v) is 12.4. The molecule has 1 aromatic carbocycles. The predicted octanol–water partition coefficient (Wildman–Crippen LogP) is 2.88. The summed E-state index contributed by atoms with van der Waals surface area (Å²) >= 11 is 0. The Balaban J connectivity index is 1.82. The number of halogens is 2. The maximum absolute atomic E-state index is 14.5. The van der Waals surface area contributed by atoms with Crippen LogP contribution in [0.1, 0.15) is 23.4 Å². The van der Waals surface area contributed by atoms with Gasteiger partial charge in [-0.2, -0.15) is 0 Å². The quantitative estimate of drug-likeness (QED) is 0.615. The van der Waals surface area contributed by atoms with Crippen molar-refractivity contribution in [2.45, 2.75) is 23.8 Å². The van der Waals surface area contributed by atoms with Crippen molar-refractivity contribution < 1.29 is 32.7 Å². The highest BCUT2D eigenvalue weighted by atomic mass is 32.3. The van der Waals surface area contributed by atoms with Crippen LogP contribution in [0.2, 0.25) is 0 Å². The third kappa shape index (κ3) is 5.53. The molecule has 1 atom stereocenters. The van der Waals surface area contributed by atoms with Crippen LogP contribution in [0, 0.1) is 17.6 Å². The Hall–Kier alpha value is -2.66. The second-order valence-corrected chi connectivity index (χ2v) is 12.1. The molecular weight excluding hydrogens is 432 g/mol. The molecule has 8 nitrogen and oxygen atoms in total. The summed E-state index contributed by atoms with van der Waals surface area (Å²) in [5, 5.41) is 17.6. The van der Waals surface area contributed by atoms with Crippen LogP contribution in [0.25, 0.3) is 0 Å². The van der Waals surface area contributed by atoms with Gasteiger partial charge >= 0.3 is 0 Å². The molecule has 2 heterocycles. The summed E-state index contributed by atoms with van der Waals surface area (Å²) in [6.07, 6.45) is 6.32. The van der Waals surface area contributed by atoms with Crippen LogP contribution in [0.15, 0.2) is 27.6 Å². The predicted molar refractivity (Wildman–Crippen MR) is 112 cm³/mol. The van der Waals surface area contributed by atoms with E-state index in [0.717, 1.165) is 18.2 Å². The van der Waals surface area contributed by atoms with Gasteiger partial charge in [-0.15, -0.1) is 0 Å². The Morgan fingerprint density at radius 2 is 1.77 bits per heavy atom. The molecule has 1 aromatic heterocycles. The summed E-state index contributed by atoms with van der Waals surface area (Å²) < 4.78 is 39.1. The fourth-order valence-electron chi connectivity index (χ4n) is 3.47. The third-order valence-electron chi connectivity index (χ3n) is 4.91. The summed E-state index contributed by atoms with van der Waals surface area (Å²) in [6, 6.07) is 2.16. The summed E-state index contributed by atoms with van der Waals surface area (Å²) in [6.45, 7) is 0.833. The molecule has 1 saturated heterocycles. The van der Waals surface area contributed by atoms with Gasteiger partial charge in [0.25, 0.3) is 11.8 Å². The van der Waals surface area contributed by atoms with Gasteiger partial charge in [-0.3, -0.25) is 9.59 Å². The lowest BCUT2D eigenvalue weighted by atomic mass is 9.91. The Kier molecular flexibility index (Phi) is 6.85. The van der Waals surface area contributed by atoms with Gasteiger partial charge in [-0.05, 0) is 54.8 Å². The molecule has 0 saturated carbocycles. The number of anilines is 1. The molecule has 11 heteroatoms. The Labute approximate surface area is 179 Å². The molecule has 3 N–H and O–H groups in total. The fraction of sp³-hybridized carbons (Fsp3) is 0.450. The number of nitrogens with zero attached hydrogens (tertiary/aromatic N) is 1. The van der Waals surface area contributed by atoms with E-state index >= 15 is 0 Å². The van der Waals surface area contributed by atoms with Crippen LogP contribution in [0.4, 0.5) is 14.5 Å². The van der Waals surface area contributed by atoms with E-state index in [-0.39, 0.29) is 22.3 Å². The van der Waals surface area contributed by atoms with Crippen molar-refractivity contribution in [3.63, 3.8) is 0 Å². The van der Waals surface area contributed by atoms with Crippen molar-refractivity contribution >= 4 is 27.5 Å². The lowest BCUT2D eigenvalue weighted by Gasteiger charge is -2.30. The zero-order valence-corrected chi connectivity index (χ0v) is 18.2. The van der Waals surface area contributed by atoms with Crippen molar-refractivity contribution in [1.29, 1.82) is 0 Å². The van der Waals surface area contributed by atoms with Gasteiger partial charge in [0.2, 0.25) is 11.7 Å². The van der Waals surface area contributed by atoms with E-state index in [2.05, 4.69) is 15.8 Å². The molecule has 2 aromatic rings. The van der Waals surface area contributed by atoms with E-state index in [1.807, 2.05) is 0 Å². The minimum Gasteiger partial charge on any atom is -0.491 e. The highest BCUT2D eigenvalue weighted by Gasteiger charge is 2.33. The van der Waals surface area contributed by atoms with Gasteiger partial charge in [0, 0.05) is 18.9 Å². The lowest BCUT2D eigenvalue weighted by Crippen LogP contribution is -2.49. The second kappa shape index (κ2) is 9.23. The van der Waals surface area contributed by atoms with Crippen molar-refractivity contribution in [2.24, 2.45) is 5.92 Å². The van der Waals surface area contributed by atoms with Gasteiger partial charge in [-0.25, -0.2) is 18.8 Å². The number of aromatic hydroxyl groups is 1. The number of benzene rings is 1. The van der Waals surface area contributed by atoms with E-state index in [1.54, 1.807) is 18.8 Å². The van der Waals surface area contributed by atoms with Crippen LogP contribution in [0.3, 0.4) is 0 Å². The van der Waals surface area contributed by atoms with Gasteiger partial charge in [-0.1, -0.05) is 0 Å². The van der Waals surface area contributed by atoms with E-state index in [4.69, 9.17) is 9.26 Å². The summed E-state index contributed by atoms with van der Waals surface area (Å²) in [5.74, 6) is -3.84.